The van der Waals surface area contributed by atoms with Gasteiger partial charge < -0.3 is 26.2 Å². The zero-order valence-corrected chi connectivity index (χ0v) is 30.4. The first kappa shape index (κ1) is 38.1. The molecule has 2 heterocycles. The van der Waals surface area contributed by atoms with Gasteiger partial charge in [0.25, 0.3) is 5.91 Å². The molecule has 6 N–H and O–H groups in total. The molecule has 1 aliphatic heterocycles. The summed E-state index contributed by atoms with van der Waals surface area (Å²) in [5, 5.41) is 26.7. The van der Waals surface area contributed by atoms with E-state index in [9.17, 15) is 29.1 Å². The zero-order chi connectivity index (χ0) is 38.9. The number of hydrogen-bond acceptors (Lipinski definition) is 11. The highest BCUT2D eigenvalue weighted by Crippen LogP contribution is 2.34. The summed E-state index contributed by atoms with van der Waals surface area (Å²) in [6.45, 7) is 3.41. The largest absolute Gasteiger partial charge is 0.507 e. The lowest BCUT2D eigenvalue weighted by atomic mass is 9.79. The highest BCUT2D eigenvalue weighted by atomic mass is 16.5. The van der Waals surface area contributed by atoms with E-state index in [1.54, 1.807) is 60.7 Å². The maximum atomic E-state index is 13.3. The van der Waals surface area contributed by atoms with E-state index in [0.717, 1.165) is 18.4 Å². The van der Waals surface area contributed by atoms with Gasteiger partial charge in [0.1, 0.15) is 11.4 Å². The normalized spacial score (nSPS) is 15.5. The zero-order valence-electron chi connectivity index (χ0n) is 30.4. The van der Waals surface area contributed by atoms with Crippen LogP contribution >= 0.6 is 0 Å². The molecule has 1 unspecified atom stereocenters. The number of aromatic nitrogens is 2. The van der Waals surface area contributed by atoms with E-state index in [-0.39, 0.29) is 58.9 Å². The van der Waals surface area contributed by atoms with Crippen molar-refractivity contribution in [2.75, 3.05) is 30.7 Å². The van der Waals surface area contributed by atoms with Gasteiger partial charge in [0, 0.05) is 59.9 Å². The van der Waals surface area contributed by atoms with Crippen LogP contribution in [-0.4, -0.2) is 64.3 Å². The Morgan fingerprint density at radius 1 is 1.00 bits per heavy atom. The van der Waals surface area contributed by atoms with Crippen molar-refractivity contribution in [2.45, 2.75) is 45.4 Å². The number of carbonyl (C=O) groups is 5. The number of hydrogen-bond donors (Lipinski definition) is 5. The number of anilines is 2. The van der Waals surface area contributed by atoms with Crippen molar-refractivity contribution in [3.05, 3.63) is 118 Å². The van der Waals surface area contributed by atoms with Gasteiger partial charge in [-0.1, -0.05) is 48.0 Å². The van der Waals surface area contributed by atoms with Crippen molar-refractivity contribution in [1.82, 2.24) is 20.8 Å². The second-order valence-corrected chi connectivity index (χ2v) is 13.4. The maximum absolute atomic E-state index is 13.3. The Balaban J connectivity index is 0.903. The SMILES string of the molecule is C/C(=C\CCNC(=O)c1ccc(CCOc2cc(-c3ccccc3O)nnc2N)cc1)CCCNc1cccc2c1C(=O)C=C(C1CCC(=O)NC1=O)C2=O. The molecule has 13 heteroatoms. The van der Waals surface area contributed by atoms with Crippen molar-refractivity contribution < 1.29 is 33.8 Å². The van der Waals surface area contributed by atoms with Crippen LogP contribution in [0.3, 0.4) is 0 Å². The van der Waals surface area contributed by atoms with Gasteiger partial charge in [0.15, 0.2) is 23.1 Å². The van der Waals surface area contributed by atoms with E-state index in [2.05, 4.69) is 32.2 Å². The summed E-state index contributed by atoms with van der Waals surface area (Å²) < 4.78 is 5.87. The first-order valence-corrected chi connectivity index (χ1v) is 18.2. The maximum Gasteiger partial charge on any atom is 0.251 e. The number of ketones is 2. The van der Waals surface area contributed by atoms with Crippen LogP contribution in [0.15, 0.2) is 96.1 Å². The van der Waals surface area contributed by atoms with Gasteiger partial charge in [0.05, 0.1) is 18.1 Å². The molecule has 6 rings (SSSR count). The summed E-state index contributed by atoms with van der Waals surface area (Å²) in [5.74, 6) is -2.03. The number of phenolic OH excluding ortho intramolecular Hbond substituents is 1. The fourth-order valence-electron chi connectivity index (χ4n) is 6.56. The summed E-state index contributed by atoms with van der Waals surface area (Å²) in [5.41, 5.74) is 10.9. The summed E-state index contributed by atoms with van der Waals surface area (Å²) in [4.78, 5) is 63.1. The monoisotopic (exact) mass is 742 g/mol. The van der Waals surface area contributed by atoms with Gasteiger partial charge in [-0.2, -0.15) is 0 Å². The number of amides is 3. The van der Waals surface area contributed by atoms with Crippen LogP contribution in [0.2, 0.25) is 0 Å². The van der Waals surface area contributed by atoms with Crippen LogP contribution in [0.5, 0.6) is 11.5 Å². The topological polar surface area (TPSA) is 203 Å². The van der Waals surface area contributed by atoms with E-state index in [4.69, 9.17) is 10.5 Å². The van der Waals surface area contributed by atoms with Crippen LogP contribution in [0, 0.1) is 5.92 Å². The molecule has 1 aliphatic carbocycles. The van der Waals surface area contributed by atoms with Gasteiger partial charge >= 0.3 is 0 Å². The number of aromatic hydroxyl groups is 1. The quantitative estimate of drug-likeness (QED) is 0.0595. The minimum atomic E-state index is -0.821. The van der Waals surface area contributed by atoms with Crippen molar-refractivity contribution in [1.29, 1.82) is 0 Å². The number of nitrogens with one attached hydrogen (secondary N) is 3. The number of benzene rings is 3. The molecule has 1 saturated heterocycles. The lowest BCUT2D eigenvalue weighted by Gasteiger charge is -2.26. The van der Waals surface area contributed by atoms with Crippen LogP contribution < -0.4 is 26.4 Å². The molecular formula is C42H42N6O7. The fourth-order valence-corrected chi connectivity index (χ4v) is 6.56. The van der Waals surface area contributed by atoms with E-state index in [0.29, 0.717) is 66.4 Å². The lowest BCUT2D eigenvalue weighted by molar-refractivity contribution is -0.135. The number of phenols is 1. The van der Waals surface area contributed by atoms with Crippen molar-refractivity contribution in [3.8, 4) is 22.8 Å². The van der Waals surface area contributed by atoms with Gasteiger partial charge in [-0.15, -0.1) is 10.2 Å². The van der Waals surface area contributed by atoms with E-state index >= 15 is 0 Å². The number of carbonyl (C=O) groups excluding carboxylic acids is 5. The predicted molar refractivity (Wildman–Crippen MR) is 207 cm³/mol. The molecule has 55 heavy (non-hydrogen) atoms. The Hall–Kier alpha value is -6.63. The third-order valence-electron chi connectivity index (χ3n) is 9.54. The smallest absolute Gasteiger partial charge is 0.251 e. The van der Waals surface area contributed by atoms with E-state index in [1.807, 2.05) is 19.1 Å². The molecule has 1 fully saturated rings. The number of Topliss-reactive ketones (excluding diaryl/α,β-unsaturated/α-hetero) is 1. The van der Waals surface area contributed by atoms with Gasteiger partial charge in [-0.3, -0.25) is 29.3 Å². The minimum Gasteiger partial charge on any atom is -0.507 e. The molecule has 13 nitrogen and oxygen atoms in total. The minimum absolute atomic E-state index is 0.0817. The Morgan fingerprint density at radius 2 is 1.78 bits per heavy atom. The highest BCUT2D eigenvalue weighted by molar-refractivity contribution is 6.28. The van der Waals surface area contributed by atoms with E-state index in [1.165, 1.54) is 11.6 Å². The standard InChI is InChI=1S/C42H42N6O7/c1-25(7-5-20-44-32-11-4-10-30-38(32)35(50)23-31(39(30)52)28-17-18-37(51)46-42(28)54)8-6-21-45-41(53)27-15-13-26(14-16-27)19-22-55-36-24-33(47-48-40(36)43)29-9-2-3-12-34(29)49/h2-4,8-16,23-24,28,44,49H,5-7,17-22H2,1H3,(H2,43,48)(H,45,53)(H,46,51,54)/b25-8+. The first-order valence-electron chi connectivity index (χ1n) is 18.2. The average Bonchev–Trinajstić information content (AvgIpc) is 3.18. The number of allylic oxidation sites excluding steroid dienone is 2. The second kappa shape index (κ2) is 17.5. The molecule has 0 saturated carbocycles. The van der Waals surface area contributed by atoms with E-state index < -0.39 is 11.8 Å². The molecule has 0 bridgehead atoms. The van der Waals surface area contributed by atoms with Crippen molar-refractivity contribution in [3.63, 3.8) is 0 Å². The molecule has 0 radical (unpaired) electrons. The molecule has 2 aliphatic rings. The van der Waals surface area contributed by atoms with Crippen LogP contribution in [-0.2, 0) is 16.0 Å². The third-order valence-corrected chi connectivity index (χ3v) is 9.54. The molecule has 1 aromatic heterocycles. The molecule has 0 spiro atoms. The van der Waals surface area contributed by atoms with Crippen molar-refractivity contribution in [2.24, 2.45) is 5.92 Å². The van der Waals surface area contributed by atoms with Crippen LogP contribution in [0.4, 0.5) is 11.5 Å². The van der Waals surface area contributed by atoms with Crippen LogP contribution in [0.25, 0.3) is 11.3 Å². The molecule has 4 aromatic rings. The molecule has 282 valence electrons. The average molecular weight is 743 g/mol. The van der Waals surface area contributed by atoms with Gasteiger partial charge in [-0.25, -0.2) is 0 Å². The molecule has 3 amide bonds. The molecule has 3 aromatic carbocycles. The van der Waals surface area contributed by atoms with Crippen LogP contribution in [0.1, 0.15) is 75.7 Å². The lowest BCUT2D eigenvalue weighted by Crippen LogP contribution is -2.43. The summed E-state index contributed by atoms with van der Waals surface area (Å²) in [6, 6.07) is 20.8. The number of nitrogens with zero attached hydrogens (tertiary/aromatic N) is 2. The third kappa shape index (κ3) is 9.30. The summed E-state index contributed by atoms with van der Waals surface area (Å²) in [7, 11) is 0. The molecular weight excluding hydrogens is 700 g/mol. The Bertz CT molecular complexity index is 2190. The first-order chi connectivity index (χ1) is 26.6. The number of piperidine rings is 1. The second-order valence-electron chi connectivity index (χ2n) is 13.4. The number of ether oxygens (including phenoxy) is 1. The fraction of sp³-hybridized carbons (Fsp3) is 0.262. The van der Waals surface area contributed by atoms with Gasteiger partial charge in [0.2, 0.25) is 11.8 Å². The molecule has 1 atom stereocenters. The van der Waals surface area contributed by atoms with Crippen molar-refractivity contribution >= 4 is 40.8 Å². The van der Waals surface area contributed by atoms with Gasteiger partial charge in [-0.05, 0) is 74.6 Å². The predicted octanol–water partition coefficient (Wildman–Crippen LogP) is 5.37. The Labute approximate surface area is 318 Å². The number of para-hydroxylation sites is 1. The Morgan fingerprint density at radius 3 is 2.56 bits per heavy atom. The Kier molecular flexibility index (Phi) is 12.1. The number of imide groups is 1. The highest BCUT2D eigenvalue weighted by Gasteiger charge is 2.37. The number of nitrogens with two attached hydrogens (primary N) is 1. The summed E-state index contributed by atoms with van der Waals surface area (Å²) >= 11 is 0. The summed E-state index contributed by atoms with van der Waals surface area (Å²) in [6.07, 6.45) is 6.48. The number of fused-ring (bicyclic) bond motifs is 1. The number of rotatable bonds is 15. The number of nitrogen functional groups attached to an aromatic ring is 1.